The first-order valence-electron chi connectivity index (χ1n) is 11.8. The number of aliphatic carboxylic acids is 1. The van der Waals surface area contributed by atoms with E-state index in [-0.39, 0.29) is 25.4 Å². The van der Waals surface area contributed by atoms with Crippen LogP contribution in [0.3, 0.4) is 0 Å². The summed E-state index contributed by atoms with van der Waals surface area (Å²) in [6.45, 7) is 2.28. The summed E-state index contributed by atoms with van der Waals surface area (Å²) in [7, 11) is 1.59. The zero-order valence-corrected chi connectivity index (χ0v) is 20.0. The van der Waals surface area contributed by atoms with Crippen molar-refractivity contribution in [2.45, 2.75) is 70.0 Å². The molecule has 0 bridgehead atoms. The molecule has 2 rings (SSSR count). The number of quaternary nitrogens is 1. The molecule has 0 spiro atoms. The maximum Gasteiger partial charge on any atom is 0.521 e. The number of carbonyl (C=O) groups is 4. The molecule has 1 aliphatic heterocycles. The molecule has 34 heavy (non-hydrogen) atoms. The van der Waals surface area contributed by atoms with E-state index in [0.717, 1.165) is 5.56 Å². The maximum atomic E-state index is 13.8. The van der Waals surface area contributed by atoms with Crippen LogP contribution in [0.5, 0.6) is 0 Å². The molecule has 10 heteroatoms. The Morgan fingerprint density at radius 1 is 1.12 bits per heavy atom. The normalized spacial score (nSPS) is 21.7. The van der Waals surface area contributed by atoms with Gasteiger partial charge in [-0.2, -0.15) is 9.28 Å². The monoisotopic (exact) mass is 477 g/mol. The van der Waals surface area contributed by atoms with E-state index >= 15 is 0 Å². The van der Waals surface area contributed by atoms with Gasteiger partial charge in [0.1, 0.15) is 18.1 Å². The molecule has 0 aromatic heterocycles. The largest absolute Gasteiger partial charge is 0.521 e. The van der Waals surface area contributed by atoms with Gasteiger partial charge in [-0.25, -0.2) is 9.59 Å². The molecule has 4 amide bonds. The number of carboxylic acid groups (broad SMARTS) is 2. The summed E-state index contributed by atoms with van der Waals surface area (Å²) in [5.74, 6) is -1.53. The van der Waals surface area contributed by atoms with Gasteiger partial charge in [0.15, 0.2) is 0 Å². The number of carbonyl (C=O) groups excluding carboxylic acids is 2. The summed E-state index contributed by atoms with van der Waals surface area (Å²) in [5, 5.41) is 22.5. The number of aryl methyl sites for hydroxylation is 1. The molecule has 0 aliphatic carbocycles. The van der Waals surface area contributed by atoms with Crippen molar-refractivity contribution in [2.75, 3.05) is 20.1 Å². The SMILES string of the molecule is C[C@@H]1CCC[N+]1(C(=O)O)C(=O)[C@H](CCCCNC(N)=O)N(C)[C@@H](CCc1ccccc1)C(=O)O. The van der Waals surface area contributed by atoms with Crippen molar-refractivity contribution in [3.63, 3.8) is 0 Å². The molecular weight excluding hydrogens is 440 g/mol. The van der Waals surface area contributed by atoms with Gasteiger partial charge in [0, 0.05) is 19.4 Å². The average molecular weight is 478 g/mol. The minimum Gasteiger partial charge on any atom is -0.480 e. The number of benzene rings is 1. The van der Waals surface area contributed by atoms with Crippen LogP contribution in [0, 0.1) is 0 Å². The van der Waals surface area contributed by atoms with Crippen LogP contribution in [0.2, 0.25) is 0 Å². The molecule has 1 fully saturated rings. The van der Waals surface area contributed by atoms with Crippen molar-refractivity contribution < 1.29 is 33.9 Å². The summed E-state index contributed by atoms with van der Waals surface area (Å²) in [4.78, 5) is 50.8. The highest BCUT2D eigenvalue weighted by Gasteiger charge is 2.56. The van der Waals surface area contributed by atoms with Crippen LogP contribution < -0.4 is 11.1 Å². The van der Waals surface area contributed by atoms with Crippen LogP contribution in [0.15, 0.2) is 30.3 Å². The van der Waals surface area contributed by atoms with Gasteiger partial charge >= 0.3 is 24.0 Å². The molecule has 188 valence electrons. The van der Waals surface area contributed by atoms with Crippen LogP contribution in [0.1, 0.15) is 51.0 Å². The zero-order chi connectivity index (χ0) is 25.3. The predicted molar refractivity (Wildman–Crippen MR) is 126 cm³/mol. The first-order valence-corrected chi connectivity index (χ1v) is 11.8. The molecule has 1 saturated heterocycles. The Balaban J connectivity index is 2.26. The second-order valence-corrected chi connectivity index (χ2v) is 9.05. The Bertz CT molecular complexity index is 864. The van der Waals surface area contributed by atoms with Crippen LogP contribution >= 0.6 is 0 Å². The summed E-state index contributed by atoms with van der Waals surface area (Å²) in [5.41, 5.74) is 6.08. The highest BCUT2D eigenvalue weighted by Crippen LogP contribution is 2.31. The number of likely N-dealkylation sites (tertiary alicyclic amines) is 1. The van der Waals surface area contributed by atoms with Crippen molar-refractivity contribution in [3.8, 4) is 0 Å². The lowest BCUT2D eigenvalue weighted by atomic mass is 9.99. The third kappa shape index (κ3) is 6.54. The third-order valence-electron chi connectivity index (χ3n) is 6.93. The van der Waals surface area contributed by atoms with Gasteiger partial charge in [-0.05, 0) is 51.6 Å². The standard InChI is InChI=1S/C24H36N4O6/c1-17-9-8-16-28(17,24(33)34)21(29)19(12-6-7-15-26-23(25)32)27(2)20(22(30)31)14-13-18-10-4-3-5-11-18/h3-5,10-11,17,19-20H,6-9,12-16H2,1-2H3,(H4-,25,26,30,31,32,33,34)/p+1/t17-,19+,20+,28?/m1/s1. The average Bonchev–Trinajstić information content (AvgIpc) is 3.18. The number of nitrogens with zero attached hydrogens (tertiary/aromatic N) is 2. The number of hydrogen-bond acceptors (Lipinski definition) is 5. The summed E-state index contributed by atoms with van der Waals surface area (Å²) in [6.07, 6.45) is 2.16. The van der Waals surface area contributed by atoms with Crippen molar-refractivity contribution in [1.29, 1.82) is 0 Å². The number of amides is 4. The molecule has 1 unspecified atom stereocenters. The van der Waals surface area contributed by atoms with Crippen molar-refractivity contribution in [3.05, 3.63) is 35.9 Å². The van der Waals surface area contributed by atoms with E-state index in [1.165, 1.54) is 4.90 Å². The van der Waals surface area contributed by atoms with Gasteiger partial charge in [-0.3, -0.25) is 9.69 Å². The number of unbranched alkanes of at least 4 members (excludes halogenated alkanes) is 1. The third-order valence-corrected chi connectivity index (χ3v) is 6.93. The molecule has 1 aromatic rings. The topological polar surface area (TPSA) is 150 Å². The molecule has 1 aromatic carbocycles. The van der Waals surface area contributed by atoms with Gasteiger partial charge in [0.2, 0.25) is 0 Å². The number of nitrogens with two attached hydrogens (primary N) is 1. The Morgan fingerprint density at radius 2 is 1.79 bits per heavy atom. The van der Waals surface area contributed by atoms with Crippen LogP contribution in [-0.2, 0) is 16.0 Å². The minimum atomic E-state index is -1.19. The Morgan fingerprint density at radius 3 is 2.32 bits per heavy atom. The van der Waals surface area contributed by atoms with Crippen molar-refractivity contribution >= 4 is 24.0 Å². The summed E-state index contributed by atoms with van der Waals surface area (Å²) >= 11 is 0. The zero-order valence-electron chi connectivity index (χ0n) is 20.0. The Hall–Kier alpha value is -2.98. The van der Waals surface area contributed by atoms with Crippen LogP contribution in [-0.4, -0.2) is 81.9 Å². The maximum absolute atomic E-state index is 13.8. The number of rotatable bonds is 12. The van der Waals surface area contributed by atoms with Gasteiger partial charge < -0.3 is 21.3 Å². The smallest absolute Gasteiger partial charge is 0.480 e. The number of likely N-dealkylation sites (N-methyl/N-ethyl adjacent to an activating group) is 1. The minimum absolute atomic E-state index is 0.199. The molecular formula is C24H37N4O6+. The second kappa shape index (κ2) is 12.5. The number of primary amides is 1. The molecule has 5 N–H and O–H groups in total. The molecule has 1 heterocycles. The summed E-state index contributed by atoms with van der Waals surface area (Å²) in [6, 6.07) is 6.63. The van der Waals surface area contributed by atoms with E-state index in [1.807, 2.05) is 30.3 Å². The van der Waals surface area contributed by atoms with Crippen molar-refractivity contribution in [1.82, 2.24) is 10.2 Å². The van der Waals surface area contributed by atoms with Gasteiger partial charge in [-0.15, -0.1) is 0 Å². The molecule has 0 radical (unpaired) electrons. The fraction of sp³-hybridized carbons (Fsp3) is 0.583. The molecule has 1 aliphatic rings. The van der Waals surface area contributed by atoms with E-state index in [4.69, 9.17) is 5.73 Å². The van der Waals surface area contributed by atoms with Crippen molar-refractivity contribution in [2.24, 2.45) is 5.73 Å². The Labute approximate surface area is 200 Å². The molecule has 4 atom stereocenters. The van der Waals surface area contributed by atoms with Crippen LogP contribution in [0.4, 0.5) is 9.59 Å². The Kier molecular flexibility index (Phi) is 10.0. The fourth-order valence-electron chi connectivity index (χ4n) is 4.89. The van der Waals surface area contributed by atoms with Gasteiger partial charge in [0.25, 0.3) is 0 Å². The number of hydrogen-bond donors (Lipinski definition) is 4. The fourth-order valence-corrected chi connectivity index (χ4v) is 4.89. The first-order chi connectivity index (χ1) is 16.1. The quantitative estimate of drug-likeness (QED) is 0.267. The highest BCUT2D eigenvalue weighted by molar-refractivity contribution is 5.85. The molecule has 0 saturated carbocycles. The van der Waals surface area contributed by atoms with Gasteiger partial charge in [0.05, 0.1) is 6.54 Å². The number of carboxylic acids is 1. The lowest BCUT2D eigenvalue weighted by molar-refractivity contribution is -0.793. The van der Waals surface area contributed by atoms with E-state index in [2.05, 4.69) is 5.32 Å². The second-order valence-electron chi connectivity index (χ2n) is 9.05. The predicted octanol–water partition coefficient (Wildman–Crippen LogP) is 2.42. The van der Waals surface area contributed by atoms with Gasteiger partial charge in [-0.1, -0.05) is 30.3 Å². The van der Waals surface area contributed by atoms with E-state index in [9.17, 15) is 29.4 Å². The number of nitrogens with one attached hydrogen (secondary N) is 1. The van der Waals surface area contributed by atoms with E-state index < -0.39 is 40.6 Å². The van der Waals surface area contributed by atoms with E-state index in [1.54, 1.807) is 14.0 Å². The first kappa shape index (κ1) is 27.3. The lowest BCUT2D eigenvalue weighted by Gasteiger charge is -2.37. The lowest BCUT2D eigenvalue weighted by Crippen LogP contribution is -2.65. The van der Waals surface area contributed by atoms with Crippen LogP contribution in [0.25, 0.3) is 0 Å². The summed E-state index contributed by atoms with van der Waals surface area (Å²) < 4.78 is -0.681. The number of urea groups is 1. The highest BCUT2D eigenvalue weighted by atomic mass is 16.4. The van der Waals surface area contributed by atoms with E-state index in [0.29, 0.717) is 38.6 Å². The number of imide groups is 1. The molecule has 10 nitrogen and oxygen atoms in total.